The van der Waals surface area contributed by atoms with E-state index in [-0.39, 0.29) is 23.0 Å². The zero-order valence-electron chi connectivity index (χ0n) is 15.2. The lowest BCUT2D eigenvalue weighted by Gasteiger charge is -2.37. The van der Waals surface area contributed by atoms with Gasteiger partial charge in [0, 0.05) is 31.2 Å². The van der Waals surface area contributed by atoms with Crippen LogP contribution in [0.1, 0.15) is 11.6 Å². The van der Waals surface area contributed by atoms with E-state index in [0.29, 0.717) is 18.1 Å². The smallest absolute Gasteiger partial charge is 0.327 e. The fraction of sp³-hybridized carbons (Fsp3) is 0.316. The third-order valence-corrected chi connectivity index (χ3v) is 7.35. The van der Waals surface area contributed by atoms with Crippen LogP contribution in [-0.4, -0.2) is 56.9 Å². The average Bonchev–Trinajstić information content (AvgIpc) is 2.70. The number of hydrogen-bond acceptors (Lipinski definition) is 5. The number of nitrogens with zero attached hydrogens (tertiary/aromatic N) is 2. The SMILES string of the molecule is COC(=O)C(c1ccc(Cl)cc1)N1CCN(S(=O)(=O)c2ccccc2Cl)CC1. The van der Waals surface area contributed by atoms with Crippen LogP contribution in [0.2, 0.25) is 10.0 Å². The van der Waals surface area contributed by atoms with E-state index in [1.165, 1.54) is 17.5 Å². The van der Waals surface area contributed by atoms with Gasteiger partial charge >= 0.3 is 5.97 Å². The molecule has 1 aliphatic heterocycles. The number of ether oxygens (including phenoxy) is 1. The van der Waals surface area contributed by atoms with Gasteiger partial charge in [0.25, 0.3) is 0 Å². The van der Waals surface area contributed by atoms with Crippen LogP contribution < -0.4 is 0 Å². The van der Waals surface area contributed by atoms with E-state index in [1.54, 1.807) is 42.5 Å². The van der Waals surface area contributed by atoms with Gasteiger partial charge in [-0.25, -0.2) is 13.2 Å². The van der Waals surface area contributed by atoms with E-state index in [9.17, 15) is 13.2 Å². The van der Waals surface area contributed by atoms with Crippen molar-refractivity contribution in [3.05, 3.63) is 64.1 Å². The minimum Gasteiger partial charge on any atom is -0.468 e. The first kappa shape index (κ1) is 21.1. The Morgan fingerprint density at radius 3 is 2.18 bits per heavy atom. The second-order valence-corrected chi connectivity index (χ2v) is 9.10. The summed E-state index contributed by atoms with van der Waals surface area (Å²) in [4.78, 5) is 14.4. The molecule has 1 heterocycles. The Bertz CT molecular complexity index is 943. The topological polar surface area (TPSA) is 66.9 Å². The summed E-state index contributed by atoms with van der Waals surface area (Å²) < 4.78 is 32.2. The normalized spacial score (nSPS) is 17.2. The minimum absolute atomic E-state index is 0.0901. The molecule has 1 atom stereocenters. The van der Waals surface area contributed by atoms with Gasteiger partial charge in [0.1, 0.15) is 10.9 Å². The number of piperazine rings is 1. The molecule has 1 unspecified atom stereocenters. The summed E-state index contributed by atoms with van der Waals surface area (Å²) in [6.07, 6.45) is 0. The number of benzene rings is 2. The largest absolute Gasteiger partial charge is 0.468 e. The van der Waals surface area contributed by atoms with E-state index >= 15 is 0 Å². The highest BCUT2D eigenvalue weighted by molar-refractivity contribution is 7.89. The van der Waals surface area contributed by atoms with Crippen molar-refractivity contribution in [3.8, 4) is 0 Å². The lowest BCUT2D eigenvalue weighted by Crippen LogP contribution is -2.51. The maximum absolute atomic E-state index is 12.9. The van der Waals surface area contributed by atoms with Crippen LogP contribution in [0.25, 0.3) is 0 Å². The standard InChI is InChI=1S/C19H20Cl2N2O4S/c1-27-19(24)18(14-6-8-15(20)9-7-14)22-10-12-23(13-11-22)28(25,26)17-5-3-2-4-16(17)21/h2-9,18H,10-13H2,1H3. The highest BCUT2D eigenvalue weighted by atomic mass is 35.5. The predicted octanol–water partition coefficient (Wildman–Crippen LogP) is 3.21. The van der Waals surface area contributed by atoms with Gasteiger partial charge in [-0.15, -0.1) is 0 Å². The molecule has 0 radical (unpaired) electrons. The Morgan fingerprint density at radius 1 is 1.00 bits per heavy atom. The highest BCUT2D eigenvalue weighted by Gasteiger charge is 2.35. The summed E-state index contributed by atoms with van der Waals surface area (Å²) in [5.74, 6) is -0.398. The predicted molar refractivity (Wildman–Crippen MR) is 108 cm³/mol. The maximum atomic E-state index is 12.9. The summed E-state index contributed by atoms with van der Waals surface area (Å²) in [6.45, 7) is 1.25. The molecule has 0 spiro atoms. The highest BCUT2D eigenvalue weighted by Crippen LogP contribution is 2.28. The zero-order valence-corrected chi connectivity index (χ0v) is 17.5. The Kier molecular flexibility index (Phi) is 6.62. The molecule has 150 valence electrons. The average molecular weight is 443 g/mol. The molecule has 1 fully saturated rings. The summed E-state index contributed by atoms with van der Waals surface area (Å²) in [5.41, 5.74) is 0.749. The van der Waals surface area contributed by atoms with Crippen LogP contribution in [-0.2, 0) is 19.6 Å². The van der Waals surface area contributed by atoms with Gasteiger partial charge in [0.05, 0.1) is 12.1 Å². The molecule has 1 aliphatic rings. The van der Waals surface area contributed by atoms with Crippen LogP contribution in [0.5, 0.6) is 0 Å². The summed E-state index contributed by atoms with van der Waals surface area (Å²) >= 11 is 12.0. The van der Waals surface area contributed by atoms with Crippen LogP contribution >= 0.6 is 23.2 Å². The molecule has 0 N–H and O–H groups in total. The number of rotatable bonds is 5. The van der Waals surface area contributed by atoms with Gasteiger partial charge in [-0.3, -0.25) is 4.90 Å². The van der Waals surface area contributed by atoms with Crippen molar-refractivity contribution in [1.82, 2.24) is 9.21 Å². The van der Waals surface area contributed by atoms with Gasteiger partial charge in [-0.05, 0) is 29.8 Å². The molecule has 6 nitrogen and oxygen atoms in total. The van der Waals surface area contributed by atoms with Gasteiger partial charge in [0.15, 0.2) is 0 Å². The van der Waals surface area contributed by atoms with Crippen molar-refractivity contribution in [1.29, 1.82) is 0 Å². The van der Waals surface area contributed by atoms with Gasteiger partial charge < -0.3 is 4.74 Å². The van der Waals surface area contributed by atoms with Gasteiger partial charge in [-0.1, -0.05) is 47.5 Å². The molecule has 0 aliphatic carbocycles. The van der Waals surface area contributed by atoms with E-state index in [4.69, 9.17) is 27.9 Å². The Morgan fingerprint density at radius 2 is 1.61 bits per heavy atom. The van der Waals surface area contributed by atoms with Crippen molar-refractivity contribution in [2.24, 2.45) is 0 Å². The molecule has 0 saturated carbocycles. The lowest BCUT2D eigenvalue weighted by atomic mass is 10.0. The van der Waals surface area contributed by atoms with E-state index < -0.39 is 22.0 Å². The third kappa shape index (κ3) is 4.34. The zero-order chi connectivity index (χ0) is 20.3. The molecular formula is C19H20Cl2N2O4S. The monoisotopic (exact) mass is 442 g/mol. The Labute approximate surface area is 174 Å². The minimum atomic E-state index is -3.70. The number of methoxy groups -OCH3 is 1. The first-order valence-corrected chi connectivity index (χ1v) is 10.9. The first-order valence-electron chi connectivity index (χ1n) is 8.66. The van der Waals surface area contributed by atoms with Crippen molar-refractivity contribution < 1.29 is 17.9 Å². The number of esters is 1. The number of hydrogen-bond donors (Lipinski definition) is 0. The molecule has 0 amide bonds. The van der Waals surface area contributed by atoms with Crippen molar-refractivity contribution >= 4 is 39.2 Å². The molecule has 2 aromatic rings. The fourth-order valence-electron chi connectivity index (χ4n) is 3.25. The van der Waals surface area contributed by atoms with Crippen molar-refractivity contribution in [2.75, 3.05) is 33.3 Å². The Hall–Kier alpha value is -1.64. The molecule has 0 aromatic heterocycles. The molecule has 28 heavy (non-hydrogen) atoms. The number of carbonyl (C=O) groups excluding carboxylic acids is 1. The van der Waals surface area contributed by atoms with Crippen LogP contribution in [0.15, 0.2) is 53.4 Å². The molecule has 9 heteroatoms. The number of halogens is 2. The lowest BCUT2D eigenvalue weighted by molar-refractivity contribution is -0.147. The molecule has 3 rings (SSSR count). The van der Waals surface area contributed by atoms with Crippen molar-refractivity contribution in [3.63, 3.8) is 0 Å². The van der Waals surface area contributed by atoms with E-state index in [2.05, 4.69) is 0 Å². The third-order valence-electron chi connectivity index (χ3n) is 4.70. The first-order chi connectivity index (χ1) is 13.3. The van der Waals surface area contributed by atoms with E-state index in [1.807, 2.05) is 4.90 Å². The van der Waals surface area contributed by atoms with Crippen LogP contribution in [0.4, 0.5) is 0 Å². The second-order valence-electron chi connectivity index (χ2n) is 6.35. The Balaban J connectivity index is 1.78. The second kappa shape index (κ2) is 8.80. The van der Waals surface area contributed by atoms with Gasteiger partial charge in [0.2, 0.25) is 10.0 Å². The molecule has 0 bridgehead atoms. The molecule has 2 aromatic carbocycles. The van der Waals surface area contributed by atoms with Crippen molar-refractivity contribution in [2.45, 2.75) is 10.9 Å². The maximum Gasteiger partial charge on any atom is 0.327 e. The summed E-state index contributed by atoms with van der Waals surface area (Å²) in [7, 11) is -2.36. The van der Waals surface area contributed by atoms with Gasteiger partial charge in [-0.2, -0.15) is 4.31 Å². The van der Waals surface area contributed by atoms with Crippen LogP contribution in [0, 0.1) is 0 Å². The van der Waals surface area contributed by atoms with E-state index in [0.717, 1.165) is 5.56 Å². The molecule has 1 saturated heterocycles. The number of sulfonamides is 1. The number of carbonyl (C=O) groups is 1. The summed E-state index contributed by atoms with van der Waals surface area (Å²) in [5, 5.41) is 0.765. The van der Waals surface area contributed by atoms with Crippen LogP contribution in [0.3, 0.4) is 0 Å². The summed E-state index contributed by atoms with van der Waals surface area (Å²) in [6, 6.07) is 12.7. The fourth-order valence-corrected chi connectivity index (χ4v) is 5.29. The quantitative estimate of drug-likeness (QED) is 0.664. The molecular weight excluding hydrogens is 423 g/mol.